The van der Waals surface area contributed by atoms with Crippen LogP contribution in [0.4, 0.5) is 0 Å². The number of thiazole rings is 1. The minimum atomic E-state index is -0.622. The Morgan fingerprint density at radius 2 is 2.12 bits per heavy atom. The van der Waals surface area contributed by atoms with Gasteiger partial charge in [-0.05, 0) is 0 Å². The summed E-state index contributed by atoms with van der Waals surface area (Å²) in [6.07, 6.45) is 2.72. The maximum atomic E-state index is 9.43. The number of hydrogen-bond acceptors (Lipinski definition) is 5. The molecule has 16 heavy (non-hydrogen) atoms. The largest absolute Gasteiger partial charge is 0.389 e. The lowest BCUT2D eigenvalue weighted by molar-refractivity contribution is 0.0572. The molecule has 1 aliphatic heterocycles. The molecule has 2 N–H and O–H groups in total. The highest BCUT2D eigenvalue weighted by atomic mass is 32.1. The normalized spacial score (nSPS) is 26.9. The van der Waals surface area contributed by atoms with Crippen LogP contribution in [0.15, 0.2) is 17.8 Å². The summed E-state index contributed by atoms with van der Waals surface area (Å²) < 4.78 is 1.99. The van der Waals surface area contributed by atoms with Crippen LogP contribution in [-0.4, -0.2) is 49.8 Å². The topological polar surface area (TPSA) is 61.0 Å². The van der Waals surface area contributed by atoms with Crippen LogP contribution in [0.1, 0.15) is 5.69 Å². The van der Waals surface area contributed by atoms with E-state index in [2.05, 4.69) is 4.98 Å². The van der Waals surface area contributed by atoms with E-state index < -0.39 is 12.2 Å². The summed E-state index contributed by atoms with van der Waals surface area (Å²) >= 11 is 1.60. The fraction of sp³-hybridized carbons (Fsp3) is 0.500. The number of imidazole rings is 1. The molecule has 0 radical (unpaired) electrons. The lowest BCUT2D eigenvalue weighted by Crippen LogP contribution is -2.22. The van der Waals surface area contributed by atoms with Gasteiger partial charge in [0.15, 0.2) is 4.96 Å². The van der Waals surface area contributed by atoms with Gasteiger partial charge in [-0.3, -0.25) is 9.30 Å². The summed E-state index contributed by atoms with van der Waals surface area (Å²) in [5, 5.41) is 20.9. The van der Waals surface area contributed by atoms with Gasteiger partial charge in [-0.1, -0.05) is 0 Å². The smallest absolute Gasteiger partial charge is 0.193 e. The molecule has 5 nitrogen and oxygen atoms in total. The van der Waals surface area contributed by atoms with Gasteiger partial charge in [-0.25, -0.2) is 4.98 Å². The van der Waals surface area contributed by atoms with Gasteiger partial charge in [0, 0.05) is 37.4 Å². The van der Waals surface area contributed by atoms with Crippen LogP contribution in [0, 0.1) is 0 Å². The van der Waals surface area contributed by atoms with E-state index in [4.69, 9.17) is 0 Å². The average molecular weight is 239 g/mol. The predicted molar refractivity (Wildman–Crippen MR) is 60.4 cm³/mol. The highest BCUT2D eigenvalue weighted by Gasteiger charge is 2.29. The van der Waals surface area contributed by atoms with Crippen molar-refractivity contribution in [3.05, 3.63) is 23.5 Å². The highest BCUT2D eigenvalue weighted by Crippen LogP contribution is 2.16. The Bertz CT molecular complexity index is 456. The predicted octanol–water partition coefficient (Wildman–Crippen LogP) is -0.0668. The molecule has 0 spiro atoms. The summed E-state index contributed by atoms with van der Waals surface area (Å²) in [5.41, 5.74) is 0.980. The molecule has 1 fully saturated rings. The van der Waals surface area contributed by atoms with Gasteiger partial charge in [0.1, 0.15) is 0 Å². The molecule has 0 amide bonds. The van der Waals surface area contributed by atoms with E-state index in [0.29, 0.717) is 19.6 Å². The van der Waals surface area contributed by atoms with Gasteiger partial charge >= 0.3 is 0 Å². The van der Waals surface area contributed by atoms with Gasteiger partial charge in [0.05, 0.1) is 17.9 Å². The van der Waals surface area contributed by atoms with Crippen LogP contribution in [0.25, 0.3) is 4.96 Å². The maximum Gasteiger partial charge on any atom is 0.193 e. The molecule has 2 aromatic heterocycles. The molecule has 1 saturated heterocycles. The Kier molecular flexibility index (Phi) is 2.44. The van der Waals surface area contributed by atoms with Crippen molar-refractivity contribution < 1.29 is 10.2 Å². The number of aromatic nitrogens is 2. The molecule has 0 bridgehead atoms. The number of aliphatic hydroxyl groups is 2. The van der Waals surface area contributed by atoms with Gasteiger partial charge in [-0.2, -0.15) is 0 Å². The van der Waals surface area contributed by atoms with E-state index >= 15 is 0 Å². The zero-order valence-corrected chi connectivity index (χ0v) is 9.47. The minimum Gasteiger partial charge on any atom is -0.389 e. The molecule has 6 heteroatoms. The number of likely N-dealkylation sites (tertiary alicyclic amines) is 1. The fourth-order valence-electron chi connectivity index (χ4n) is 2.06. The summed E-state index contributed by atoms with van der Waals surface area (Å²) in [4.78, 5) is 7.46. The van der Waals surface area contributed by atoms with Crippen LogP contribution in [0.5, 0.6) is 0 Å². The highest BCUT2D eigenvalue weighted by molar-refractivity contribution is 7.15. The Hall–Kier alpha value is -0.950. The molecule has 3 rings (SSSR count). The number of nitrogens with zero attached hydrogens (tertiary/aromatic N) is 3. The van der Waals surface area contributed by atoms with Crippen molar-refractivity contribution in [3.8, 4) is 0 Å². The second kappa shape index (κ2) is 3.81. The van der Waals surface area contributed by atoms with E-state index in [9.17, 15) is 10.2 Å². The zero-order chi connectivity index (χ0) is 11.1. The van der Waals surface area contributed by atoms with Crippen molar-refractivity contribution >= 4 is 16.3 Å². The van der Waals surface area contributed by atoms with Crippen LogP contribution in [0.2, 0.25) is 0 Å². The average Bonchev–Trinajstić information content (AvgIpc) is 2.83. The van der Waals surface area contributed by atoms with Crippen molar-refractivity contribution in [2.45, 2.75) is 18.8 Å². The molecule has 2 atom stereocenters. The first-order chi connectivity index (χ1) is 7.72. The summed E-state index contributed by atoms with van der Waals surface area (Å²) in [5.74, 6) is 0. The molecule has 0 aromatic carbocycles. The first kappa shape index (κ1) is 10.2. The molecule has 0 saturated carbocycles. The number of fused-ring (bicyclic) bond motifs is 1. The third-order valence-electron chi connectivity index (χ3n) is 2.86. The molecule has 2 aromatic rings. The fourth-order valence-corrected chi connectivity index (χ4v) is 2.78. The van der Waals surface area contributed by atoms with E-state index in [1.54, 1.807) is 11.3 Å². The summed E-state index contributed by atoms with van der Waals surface area (Å²) in [6, 6.07) is 0. The molecule has 3 heterocycles. The third-order valence-corrected chi connectivity index (χ3v) is 3.63. The van der Waals surface area contributed by atoms with E-state index in [-0.39, 0.29) is 0 Å². The minimum absolute atomic E-state index is 0.520. The van der Waals surface area contributed by atoms with Gasteiger partial charge in [0.2, 0.25) is 0 Å². The number of β-amino-alcohol motifs (C(OH)–C–C–N with tert-alkyl or cyclic N) is 2. The first-order valence-electron chi connectivity index (χ1n) is 5.22. The van der Waals surface area contributed by atoms with Gasteiger partial charge in [0.25, 0.3) is 0 Å². The quantitative estimate of drug-likeness (QED) is 0.770. The van der Waals surface area contributed by atoms with Crippen molar-refractivity contribution in [3.63, 3.8) is 0 Å². The van der Waals surface area contributed by atoms with E-state index in [1.807, 2.05) is 27.1 Å². The van der Waals surface area contributed by atoms with Crippen molar-refractivity contribution in [1.29, 1.82) is 0 Å². The van der Waals surface area contributed by atoms with Crippen molar-refractivity contribution in [2.75, 3.05) is 13.1 Å². The SMILES string of the molecule is OC1CN(Cc2cn3ccsc3n2)CC1O. The van der Waals surface area contributed by atoms with Crippen LogP contribution < -0.4 is 0 Å². The van der Waals surface area contributed by atoms with E-state index in [1.165, 1.54) is 0 Å². The van der Waals surface area contributed by atoms with Gasteiger partial charge in [-0.15, -0.1) is 11.3 Å². The number of hydrogen-bond donors (Lipinski definition) is 2. The Balaban J connectivity index is 1.73. The Morgan fingerprint density at radius 3 is 2.81 bits per heavy atom. The Labute approximate surface area is 96.6 Å². The number of rotatable bonds is 2. The van der Waals surface area contributed by atoms with Crippen molar-refractivity contribution in [1.82, 2.24) is 14.3 Å². The molecule has 86 valence electrons. The van der Waals surface area contributed by atoms with Crippen molar-refractivity contribution in [2.24, 2.45) is 0 Å². The Morgan fingerprint density at radius 1 is 1.38 bits per heavy atom. The second-order valence-electron chi connectivity index (χ2n) is 4.15. The molecular formula is C10H13N3O2S. The molecular weight excluding hydrogens is 226 g/mol. The van der Waals surface area contributed by atoms with Crippen LogP contribution in [0.3, 0.4) is 0 Å². The monoisotopic (exact) mass is 239 g/mol. The lowest BCUT2D eigenvalue weighted by Gasteiger charge is -2.11. The summed E-state index contributed by atoms with van der Waals surface area (Å²) in [7, 11) is 0. The molecule has 2 unspecified atom stereocenters. The molecule has 1 aliphatic rings. The van der Waals surface area contributed by atoms with E-state index in [0.717, 1.165) is 10.7 Å². The zero-order valence-electron chi connectivity index (χ0n) is 8.65. The van der Waals surface area contributed by atoms with Gasteiger partial charge < -0.3 is 10.2 Å². The first-order valence-corrected chi connectivity index (χ1v) is 6.10. The van der Waals surface area contributed by atoms with Crippen LogP contribution in [-0.2, 0) is 6.54 Å². The second-order valence-corrected chi connectivity index (χ2v) is 5.03. The number of aliphatic hydroxyl groups excluding tert-OH is 2. The molecule has 0 aliphatic carbocycles. The van der Waals surface area contributed by atoms with Crippen LogP contribution >= 0.6 is 11.3 Å². The third kappa shape index (κ3) is 1.73. The standard InChI is InChI=1S/C10H13N3O2S/c14-8-5-12(6-9(8)15)3-7-4-13-1-2-16-10(13)11-7/h1-2,4,8-9,14-15H,3,5-6H2. The summed E-state index contributed by atoms with van der Waals surface area (Å²) in [6.45, 7) is 1.72. The maximum absolute atomic E-state index is 9.43. The lowest BCUT2D eigenvalue weighted by atomic mass is 10.3.